The lowest BCUT2D eigenvalue weighted by Crippen LogP contribution is -2.23. The number of imidazole rings is 1. The lowest BCUT2D eigenvalue weighted by molar-refractivity contribution is 0.0531. The molecule has 0 N–H and O–H groups in total. The fraction of sp³-hybridized carbons (Fsp3) is 0.474. The topological polar surface area (TPSA) is 76.4 Å². The van der Waals surface area contributed by atoms with E-state index in [1.165, 1.54) is 23.7 Å². The van der Waals surface area contributed by atoms with E-state index in [1.54, 1.807) is 18.9 Å². The van der Waals surface area contributed by atoms with Crippen LogP contribution in [0.1, 0.15) is 40.4 Å². The molecule has 0 aliphatic heterocycles. The Balaban J connectivity index is 2.10. The summed E-state index contributed by atoms with van der Waals surface area (Å²) in [7, 11) is 5.56. The fourth-order valence-corrected chi connectivity index (χ4v) is 4.20. The van der Waals surface area contributed by atoms with E-state index in [0.717, 1.165) is 4.57 Å². The number of alkyl halides is 2. The van der Waals surface area contributed by atoms with Gasteiger partial charge in [-0.2, -0.15) is 8.78 Å². The second-order valence-electron chi connectivity index (χ2n) is 7.04. The van der Waals surface area contributed by atoms with Gasteiger partial charge in [0.2, 0.25) is 0 Å². The molecule has 0 aliphatic carbocycles. The molecule has 0 fully saturated rings. The Morgan fingerprint density at radius 2 is 2.00 bits per heavy atom. The Labute approximate surface area is 177 Å². The Hall–Kier alpha value is -2.66. The Bertz CT molecular complexity index is 1050. The van der Waals surface area contributed by atoms with Crippen molar-refractivity contribution in [2.75, 3.05) is 32.6 Å². The van der Waals surface area contributed by atoms with E-state index < -0.39 is 12.5 Å². The van der Waals surface area contributed by atoms with Crippen LogP contribution in [0.2, 0.25) is 0 Å². The lowest BCUT2D eigenvalue weighted by atomic mass is 10.2. The summed E-state index contributed by atoms with van der Waals surface area (Å²) in [4.78, 5) is 30.5. The first-order valence-corrected chi connectivity index (χ1v) is 10.2. The van der Waals surface area contributed by atoms with Crippen molar-refractivity contribution in [2.24, 2.45) is 0 Å². The van der Waals surface area contributed by atoms with Gasteiger partial charge in [-0.05, 0) is 33.5 Å². The van der Waals surface area contributed by atoms with Gasteiger partial charge in [0.05, 0.1) is 25.1 Å². The summed E-state index contributed by atoms with van der Waals surface area (Å²) in [6, 6.07) is 0. The number of carbonyl (C=O) groups is 1. The maximum absolute atomic E-state index is 13.2. The molecule has 0 atom stereocenters. The number of hydrogen-bond acceptors (Lipinski definition) is 8. The molecule has 0 saturated carbocycles. The summed E-state index contributed by atoms with van der Waals surface area (Å²) in [5, 5.41) is 0.711. The van der Waals surface area contributed by atoms with Crippen LogP contribution in [0.3, 0.4) is 0 Å². The van der Waals surface area contributed by atoms with Crippen LogP contribution in [0.5, 0.6) is 0 Å². The zero-order valence-electron chi connectivity index (χ0n) is 17.5. The van der Waals surface area contributed by atoms with E-state index in [0.29, 0.717) is 38.8 Å². The molecule has 0 unspecified atom stereocenters. The molecule has 0 aliphatic rings. The molecular weight excluding hydrogens is 414 g/mol. The predicted octanol–water partition coefficient (Wildman–Crippen LogP) is 3.47. The third kappa shape index (κ3) is 4.41. The van der Waals surface area contributed by atoms with E-state index in [4.69, 9.17) is 4.74 Å². The molecule has 0 bridgehead atoms. The number of ether oxygens (including phenoxy) is 1. The highest BCUT2D eigenvalue weighted by molar-refractivity contribution is 7.20. The first kappa shape index (κ1) is 22.0. The van der Waals surface area contributed by atoms with Crippen LogP contribution >= 0.6 is 11.3 Å². The quantitative estimate of drug-likeness (QED) is 0.499. The summed E-state index contributed by atoms with van der Waals surface area (Å²) >= 11 is 1.25. The van der Waals surface area contributed by atoms with Crippen molar-refractivity contribution in [3.63, 3.8) is 0 Å². The van der Waals surface area contributed by atoms with Crippen molar-refractivity contribution in [3.05, 3.63) is 34.5 Å². The second kappa shape index (κ2) is 9.00. The minimum Gasteiger partial charge on any atom is -0.462 e. The van der Waals surface area contributed by atoms with Crippen molar-refractivity contribution >= 4 is 33.3 Å². The minimum absolute atomic E-state index is 0.120. The molecule has 8 nitrogen and oxygen atoms in total. The number of halogens is 2. The van der Waals surface area contributed by atoms with Crippen molar-refractivity contribution in [2.45, 2.75) is 33.5 Å². The van der Waals surface area contributed by atoms with Gasteiger partial charge in [-0.1, -0.05) is 0 Å². The van der Waals surface area contributed by atoms with Gasteiger partial charge in [0, 0.05) is 19.4 Å². The molecule has 0 spiro atoms. The van der Waals surface area contributed by atoms with Crippen LogP contribution < -0.4 is 4.90 Å². The standard InChI is InChI=1S/C19H24F2N6O2S/c1-6-29-18(28)15-11(2)14-16(23-12(9-25(3)4)24-17(14)30-15)26(5)10-13-22-7-8-27(13)19(20)21/h7-8,19H,6,9-10H2,1-5H3. The average molecular weight is 439 g/mol. The van der Waals surface area contributed by atoms with Gasteiger partial charge < -0.3 is 14.5 Å². The number of esters is 1. The van der Waals surface area contributed by atoms with E-state index in [1.807, 2.05) is 25.9 Å². The molecule has 30 heavy (non-hydrogen) atoms. The van der Waals surface area contributed by atoms with Crippen molar-refractivity contribution in [1.29, 1.82) is 0 Å². The molecule has 162 valence electrons. The number of carbonyl (C=O) groups excluding carboxylic acids is 1. The zero-order chi connectivity index (χ0) is 22.0. The summed E-state index contributed by atoms with van der Waals surface area (Å²) in [6.07, 6.45) is 2.59. The van der Waals surface area contributed by atoms with Gasteiger partial charge in [-0.15, -0.1) is 11.3 Å². The van der Waals surface area contributed by atoms with Gasteiger partial charge in [0.1, 0.15) is 27.2 Å². The minimum atomic E-state index is -2.68. The largest absolute Gasteiger partial charge is 0.462 e. The number of anilines is 1. The summed E-state index contributed by atoms with van der Waals surface area (Å²) in [5.74, 6) is 0.939. The number of rotatable bonds is 8. The summed E-state index contributed by atoms with van der Waals surface area (Å²) < 4.78 is 32.4. The Morgan fingerprint density at radius 3 is 2.63 bits per heavy atom. The number of hydrogen-bond donors (Lipinski definition) is 0. The van der Waals surface area contributed by atoms with Crippen molar-refractivity contribution < 1.29 is 18.3 Å². The maximum Gasteiger partial charge on any atom is 0.348 e. The number of thiophene rings is 1. The molecule has 11 heteroatoms. The Kier molecular flexibility index (Phi) is 6.61. The molecule has 3 aromatic rings. The average Bonchev–Trinajstić information content (AvgIpc) is 3.25. The first-order chi connectivity index (χ1) is 14.2. The van der Waals surface area contributed by atoms with Gasteiger partial charge in [0.25, 0.3) is 0 Å². The highest BCUT2D eigenvalue weighted by Gasteiger charge is 2.24. The van der Waals surface area contributed by atoms with E-state index >= 15 is 0 Å². The van der Waals surface area contributed by atoms with Gasteiger partial charge in [-0.25, -0.2) is 19.7 Å². The number of aromatic nitrogens is 4. The third-order valence-electron chi connectivity index (χ3n) is 4.44. The highest BCUT2D eigenvalue weighted by atomic mass is 32.1. The van der Waals surface area contributed by atoms with Crippen LogP contribution in [0.15, 0.2) is 12.4 Å². The van der Waals surface area contributed by atoms with E-state index in [9.17, 15) is 13.6 Å². The van der Waals surface area contributed by atoms with E-state index in [-0.39, 0.29) is 19.0 Å². The van der Waals surface area contributed by atoms with Crippen molar-refractivity contribution in [3.8, 4) is 0 Å². The van der Waals surface area contributed by atoms with Crippen LogP contribution in [0, 0.1) is 6.92 Å². The molecule has 0 radical (unpaired) electrons. The predicted molar refractivity (Wildman–Crippen MR) is 111 cm³/mol. The molecule has 3 rings (SSSR count). The van der Waals surface area contributed by atoms with Gasteiger partial charge >= 0.3 is 12.5 Å². The van der Waals surface area contributed by atoms with Gasteiger partial charge in [-0.3, -0.25) is 4.57 Å². The third-order valence-corrected chi connectivity index (χ3v) is 5.60. The zero-order valence-corrected chi connectivity index (χ0v) is 18.3. The summed E-state index contributed by atoms with van der Waals surface area (Å²) in [5.41, 5.74) is 0.712. The molecule has 0 aromatic carbocycles. The second-order valence-corrected chi connectivity index (χ2v) is 8.04. The fourth-order valence-electron chi connectivity index (χ4n) is 3.11. The Morgan fingerprint density at radius 1 is 1.27 bits per heavy atom. The summed E-state index contributed by atoms with van der Waals surface area (Å²) in [6.45, 7) is 1.77. The lowest BCUT2D eigenvalue weighted by Gasteiger charge is -2.21. The van der Waals surface area contributed by atoms with Gasteiger partial charge in [0.15, 0.2) is 0 Å². The van der Waals surface area contributed by atoms with Crippen LogP contribution in [0.25, 0.3) is 10.2 Å². The normalized spacial score (nSPS) is 11.6. The first-order valence-electron chi connectivity index (χ1n) is 9.35. The molecular formula is C19H24F2N6O2S. The molecule has 3 aromatic heterocycles. The van der Waals surface area contributed by atoms with E-state index in [2.05, 4.69) is 15.0 Å². The van der Waals surface area contributed by atoms with Crippen molar-refractivity contribution in [1.82, 2.24) is 24.4 Å². The molecule has 3 heterocycles. The smallest absolute Gasteiger partial charge is 0.348 e. The molecule has 0 amide bonds. The molecule has 0 saturated heterocycles. The highest BCUT2D eigenvalue weighted by Crippen LogP contribution is 2.36. The number of aryl methyl sites for hydroxylation is 1. The number of nitrogens with zero attached hydrogens (tertiary/aromatic N) is 6. The number of fused-ring (bicyclic) bond motifs is 1. The van der Waals surface area contributed by atoms with Crippen LogP contribution in [-0.2, 0) is 17.8 Å². The monoisotopic (exact) mass is 438 g/mol. The van der Waals surface area contributed by atoms with Crippen LogP contribution in [-0.4, -0.2) is 58.1 Å². The maximum atomic E-state index is 13.2. The SMILES string of the molecule is CCOC(=O)c1sc2nc(CN(C)C)nc(N(C)Cc3nccn3C(F)F)c2c1C. The van der Waals surface area contributed by atoms with Crippen LogP contribution in [0.4, 0.5) is 14.6 Å².